The van der Waals surface area contributed by atoms with Gasteiger partial charge >= 0.3 is 0 Å². The molecule has 1 aromatic rings. The number of hydrogen-bond donors (Lipinski definition) is 1. The standard InChI is InChI=1S/C12H18ClNS/c1-7-6-10(15-12(7)13)11(14-3)8(2)9-4-5-9/h6,8-9,11,14H,4-5H2,1-3H3. The van der Waals surface area contributed by atoms with Gasteiger partial charge in [0.25, 0.3) is 0 Å². The van der Waals surface area contributed by atoms with Crippen LogP contribution in [0.15, 0.2) is 6.07 Å². The Hall–Kier alpha value is -0.0500. The lowest BCUT2D eigenvalue weighted by atomic mass is 9.95. The predicted octanol–water partition coefficient (Wildman–Crippen LogP) is 4.02. The van der Waals surface area contributed by atoms with Crippen LogP contribution in [0, 0.1) is 18.8 Å². The summed E-state index contributed by atoms with van der Waals surface area (Å²) in [5.74, 6) is 1.65. The van der Waals surface area contributed by atoms with Gasteiger partial charge in [-0.2, -0.15) is 0 Å². The van der Waals surface area contributed by atoms with Crippen LogP contribution in [0.3, 0.4) is 0 Å². The van der Waals surface area contributed by atoms with Crippen molar-refractivity contribution in [2.24, 2.45) is 11.8 Å². The molecule has 0 aromatic carbocycles. The number of thiophene rings is 1. The highest BCUT2D eigenvalue weighted by atomic mass is 35.5. The van der Waals surface area contributed by atoms with Crippen molar-refractivity contribution in [1.82, 2.24) is 5.32 Å². The summed E-state index contributed by atoms with van der Waals surface area (Å²) in [5.41, 5.74) is 1.21. The van der Waals surface area contributed by atoms with Gasteiger partial charge in [0.2, 0.25) is 0 Å². The van der Waals surface area contributed by atoms with Gasteiger partial charge in [-0.3, -0.25) is 0 Å². The molecule has 1 aromatic heterocycles. The smallest absolute Gasteiger partial charge is 0.0960 e. The molecule has 1 aliphatic carbocycles. The summed E-state index contributed by atoms with van der Waals surface area (Å²) in [5, 5.41) is 3.43. The summed E-state index contributed by atoms with van der Waals surface area (Å²) in [4.78, 5) is 1.39. The van der Waals surface area contributed by atoms with Crippen molar-refractivity contribution in [2.45, 2.75) is 32.7 Å². The van der Waals surface area contributed by atoms with Crippen LogP contribution in [-0.4, -0.2) is 7.05 Å². The van der Waals surface area contributed by atoms with Gasteiger partial charge in [-0.05, 0) is 50.3 Å². The topological polar surface area (TPSA) is 12.0 Å². The maximum atomic E-state index is 6.12. The van der Waals surface area contributed by atoms with E-state index < -0.39 is 0 Å². The largest absolute Gasteiger partial charge is 0.312 e. The molecule has 2 rings (SSSR count). The Morgan fingerprint density at radius 1 is 1.53 bits per heavy atom. The minimum absolute atomic E-state index is 0.480. The lowest BCUT2D eigenvalue weighted by Gasteiger charge is -2.22. The summed E-state index contributed by atoms with van der Waals surface area (Å²) < 4.78 is 0.938. The number of nitrogens with one attached hydrogen (secondary N) is 1. The molecule has 84 valence electrons. The van der Waals surface area contributed by atoms with E-state index in [4.69, 9.17) is 11.6 Å². The predicted molar refractivity (Wildman–Crippen MR) is 67.8 cm³/mol. The van der Waals surface area contributed by atoms with Crippen LogP contribution in [-0.2, 0) is 0 Å². The second kappa shape index (κ2) is 4.44. The Bertz CT molecular complexity index is 324. The van der Waals surface area contributed by atoms with Crippen molar-refractivity contribution < 1.29 is 0 Å². The molecule has 0 saturated heterocycles. The molecule has 0 spiro atoms. The Balaban J connectivity index is 2.17. The Morgan fingerprint density at radius 2 is 2.20 bits per heavy atom. The van der Waals surface area contributed by atoms with E-state index in [9.17, 15) is 0 Å². The van der Waals surface area contributed by atoms with Crippen molar-refractivity contribution >= 4 is 22.9 Å². The van der Waals surface area contributed by atoms with Gasteiger partial charge in [-0.15, -0.1) is 11.3 Å². The van der Waals surface area contributed by atoms with E-state index >= 15 is 0 Å². The second-order valence-corrected chi connectivity index (χ2v) is 6.25. The molecule has 0 radical (unpaired) electrons. The average Bonchev–Trinajstić information content (AvgIpc) is 2.97. The van der Waals surface area contributed by atoms with Crippen LogP contribution in [0.1, 0.15) is 36.2 Å². The number of hydrogen-bond acceptors (Lipinski definition) is 2. The van der Waals surface area contributed by atoms with Gasteiger partial charge < -0.3 is 5.32 Å². The monoisotopic (exact) mass is 243 g/mol. The van der Waals surface area contributed by atoms with Gasteiger partial charge in [-0.25, -0.2) is 0 Å². The van der Waals surface area contributed by atoms with E-state index in [-0.39, 0.29) is 0 Å². The Labute approximate surface area is 101 Å². The van der Waals surface area contributed by atoms with E-state index in [1.165, 1.54) is 23.3 Å². The van der Waals surface area contributed by atoms with E-state index in [2.05, 4.69) is 25.2 Å². The first-order chi connectivity index (χ1) is 7.13. The van der Waals surface area contributed by atoms with Crippen molar-refractivity contribution in [1.29, 1.82) is 0 Å². The first kappa shape index (κ1) is 11.4. The van der Waals surface area contributed by atoms with Gasteiger partial charge in [0.05, 0.1) is 4.34 Å². The van der Waals surface area contributed by atoms with E-state index in [0.29, 0.717) is 6.04 Å². The highest BCUT2D eigenvalue weighted by Gasteiger charge is 2.34. The van der Waals surface area contributed by atoms with Crippen molar-refractivity contribution in [2.75, 3.05) is 7.05 Å². The quantitative estimate of drug-likeness (QED) is 0.843. The fourth-order valence-corrected chi connectivity index (χ4v) is 3.64. The van der Waals surface area contributed by atoms with Crippen LogP contribution in [0.25, 0.3) is 0 Å². The summed E-state index contributed by atoms with van der Waals surface area (Å²) >= 11 is 7.84. The van der Waals surface area contributed by atoms with Crippen LogP contribution < -0.4 is 5.32 Å². The first-order valence-corrected chi connectivity index (χ1v) is 6.76. The fraction of sp³-hybridized carbons (Fsp3) is 0.667. The van der Waals surface area contributed by atoms with Crippen molar-refractivity contribution in [3.8, 4) is 0 Å². The molecule has 2 unspecified atom stereocenters. The number of halogens is 1. The molecule has 0 bridgehead atoms. The SMILES string of the molecule is CNC(c1cc(C)c(Cl)s1)C(C)C1CC1. The van der Waals surface area contributed by atoms with Gasteiger partial charge in [0, 0.05) is 10.9 Å². The molecular formula is C12H18ClNS. The highest BCUT2D eigenvalue weighted by Crippen LogP contribution is 2.44. The molecule has 1 nitrogen and oxygen atoms in total. The van der Waals surface area contributed by atoms with Gasteiger partial charge in [0.1, 0.15) is 0 Å². The van der Waals surface area contributed by atoms with Gasteiger partial charge in [-0.1, -0.05) is 18.5 Å². The van der Waals surface area contributed by atoms with Crippen LogP contribution in [0.4, 0.5) is 0 Å². The molecule has 1 N–H and O–H groups in total. The van der Waals surface area contributed by atoms with Crippen LogP contribution >= 0.6 is 22.9 Å². The molecular weight excluding hydrogens is 226 g/mol. The van der Waals surface area contributed by atoms with E-state index in [0.717, 1.165) is 16.2 Å². The van der Waals surface area contributed by atoms with E-state index in [1.54, 1.807) is 11.3 Å². The van der Waals surface area contributed by atoms with Crippen LogP contribution in [0.5, 0.6) is 0 Å². The van der Waals surface area contributed by atoms with Crippen molar-refractivity contribution in [3.05, 3.63) is 20.8 Å². The molecule has 1 aliphatic rings. The summed E-state index contributed by atoms with van der Waals surface area (Å²) in [6.45, 7) is 4.43. The third-order valence-electron chi connectivity index (χ3n) is 3.39. The maximum Gasteiger partial charge on any atom is 0.0960 e. The molecule has 15 heavy (non-hydrogen) atoms. The normalized spacial score (nSPS) is 20.3. The molecule has 2 atom stereocenters. The molecule has 0 aliphatic heterocycles. The highest BCUT2D eigenvalue weighted by molar-refractivity contribution is 7.16. The minimum Gasteiger partial charge on any atom is -0.312 e. The van der Waals surface area contributed by atoms with E-state index in [1.807, 2.05) is 7.05 Å². The molecule has 3 heteroatoms. The first-order valence-electron chi connectivity index (χ1n) is 5.56. The minimum atomic E-state index is 0.480. The third kappa shape index (κ3) is 2.38. The lowest BCUT2D eigenvalue weighted by Crippen LogP contribution is -2.23. The second-order valence-electron chi connectivity index (χ2n) is 4.57. The van der Waals surface area contributed by atoms with Crippen LogP contribution in [0.2, 0.25) is 4.34 Å². The molecule has 0 amide bonds. The van der Waals surface area contributed by atoms with Crippen molar-refractivity contribution in [3.63, 3.8) is 0 Å². The molecule has 1 heterocycles. The summed E-state index contributed by atoms with van der Waals surface area (Å²) in [6, 6.07) is 2.71. The zero-order valence-electron chi connectivity index (χ0n) is 9.51. The summed E-state index contributed by atoms with van der Waals surface area (Å²) in [6.07, 6.45) is 2.80. The molecule has 1 saturated carbocycles. The summed E-state index contributed by atoms with van der Waals surface area (Å²) in [7, 11) is 2.05. The zero-order valence-corrected chi connectivity index (χ0v) is 11.1. The average molecular weight is 244 g/mol. The third-order valence-corrected chi connectivity index (χ3v) is 5.02. The zero-order chi connectivity index (χ0) is 11.0. The number of aryl methyl sites for hydroxylation is 1. The number of rotatable bonds is 4. The Kier molecular flexibility index (Phi) is 3.39. The lowest BCUT2D eigenvalue weighted by molar-refractivity contribution is 0.374. The fourth-order valence-electron chi connectivity index (χ4n) is 2.20. The van der Waals surface area contributed by atoms with Gasteiger partial charge in [0.15, 0.2) is 0 Å². The Morgan fingerprint density at radius 3 is 2.60 bits per heavy atom. The molecule has 1 fully saturated rings. The maximum absolute atomic E-state index is 6.12.